The topological polar surface area (TPSA) is 63.2 Å². The minimum Gasteiger partial charge on any atom is -0.490 e. The Kier molecular flexibility index (Phi) is 12.2. The number of carbonyl (C=O) groups is 1. The molecule has 6 nitrogen and oxygen atoms in total. The van der Waals surface area contributed by atoms with Gasteiger partial charge >= 0.3 is 0 Å². The van der Waals surface area contributed by atoms with E-state index in [9.17, 15) is 4.79 Å². The lowest BCUT2D eigenvalue weighted by Crippen LogP contribution is -2.04. The molecule has 6 aromatic rings. The van der Waals surface area contributed by atoms with Crippen molar-refractivity contribution in [3.8, 4) is 28.7 Å². The molecule has 0 amide bonds. The Bertz CT molecular complexity index is 1940. The minimum atomic E-state index is -0.213. The fraction of sp³-hybridized carbons (Fsp3) is 0.133. The van der Waals surface area contributed by atoms with Crippen LogP contribution in [0, 0.1) is 0 Å². The maximum absolute atomic E-state index is 13.7. The average Bonchev–Trinajstić information content (AvgIpc) is 3.19. The zero-order valence-electron chi connectivity index (χ0n) is 28.6. The van der Waals surface area contributed by atoms with E-state index in [-0.39, 0.29) is 5.78 Å². The molecule has 0 N–H and O–H groups in total. The summed E-state index contributed by atoms with van der Waals surface area (Å²) in [7, 11) is 0. The third-order valence-electron chi connectivity index (χ3n) is 7.97. The first-order valence-electron chi connectivity index (χ1n) is 17.0. The van der Waals surface area contributed by atoms with Crippen molar-refractivity contribution < 1.29 is 28.5 Å². The van der Waals surface area contributed by atoms with Crippen LogP contribution in [0.5, 0.6) is 28.7 Å². The van der Waals surface area contributed by atoms with Crippen LogP contribution in [0.25, 0.3) is 6.08 Å². The smallest absolute Gasteiger partial charge is 0.185 e. The van der Waals surface area contributed by atoms with Gasteiger partial charge in [0.15, 0.2) is 17.3 Å². The van der Waals surface area contributed by atoms with Crippen LogP contribution in [0.2, 0.25) is 0 Å². The molecule has 256 valence electrons. The molecule has 0 spiro atoms. The molecular formula is C45H40O6. The first-order chi connectivity index (χ1) is 25.1. The summed E-state index contributed by atoms with van der Waals surface area (Å²) in [4.78, 5) is 13.7. The first kappa shape index (κ1) is 34.6. The summed E-state index contributed by atoms with van der Waals surface area (Å²) in [6.07, 6.45) is 3.27. The number of ketones is 1. The Morgan fingerprint density at radius 1 is 0.471 bits per heavy atom. The summed E-state index contributed by atoms with van der Waals surface area (Å²) >= 11 is 0. The molecule has 6 aromatic carbocycles. The average molecular weight is 677 g/mol. The fourth-order valence-corrected chi connectivity index (χ4v) is 5.31. The molecule has 0 unspecified atom stereocenters. The van der Waals surface area contributed by atoms with Gasteiger partial charge in [-0.05, 0) is 59.5 Å². The van der Waals surface area contributed by atoms with Crippen LogP contribution >= 0.6 is 0 Å². The van der Waals surface area contributed by atoms with Crippen LogP contribution in [0.4, 0.5) is 0 Å². The van der Waals surface area contributed by atoms with Gasteiger partial charge in [0.05, 0.1) is 12.2 Å². The van der Waals surface area contributed by atoms with E-state index in [0.717, 1.165) is 22.3 Å². The second-order valence-electron chi connectivity index (χ2n) is 11.7. The molecule has 0 aliphatic carbocycles. The number of hydrogen-bond donors (Lipinski definition) is 0. The van der Waals surface area contributed by atoms with Gasteiger partial charge in [0.1, 0.15) is 43.7 Å². The van der Waals surface area contributed by atoms with Gasteiger partial charge in [0.2, 0.25) is 0 Å². The van der Waals surface area contributed by atoms with Gasteiger partial charge < -0.3 is 23.7 Å². The second kappa shape index (κ2) is 17.9. The van der Waals surface area contributed by atoms with Crippen molar-refractivity contribution in [3.05, 3.63) is 191 Å². The molecule has 0 aromatic heterocycles. The van der Waals surface area contributed by atoms with Gasteiger partial charge in [-0.25, -0.2) is 0 Å². The molecule has 51 heavy (non-hydrogen) atoms. The number of rotatable bonds is 17. The number of benzene rings is 6. The number of ether oxygens (including phenoxy) is 5. The van der Waals surface area contributed by atoms with E-state index >= 15 is 0 Å². The standard InChI is InChI=1S/C45H40O6/c1-2-47-42-26-23-38(27-45(42)51-33-37-21-13-6-14-22-37)41(46)25-24-40-43(49-31-35-17-9-4-10-18-35)28-39(48-30-34-15-7-3-8-16-34)29-44(40)50-32-36-19-11-5-12-20-36/h3-29H,2,30-33H2,1H3/b25-24+. The lowest BCUT2D eigenvalue weighted by molar-refractivity contribution is 0.104. The van der Waals surface area contributed by atoms with E-state index in [1.165, 1.54) is 6.08 Å². The SMILES string of the molecule is CCOc1ccc(C(=O)/C=C/c2c(OCc3ccccc3)cc(OCc3ccccc3)cc2OCc2ccccc2)cc1OCc1ccccc1. The summed E-state index contributed by atoms with van der Waals surface area (Å²) in [5.41, 5.74) is 5.13. The van der Waals surface area contributed by atoms with Crippen molar-refractivity contribution in [1.82, 2.24) is 0 Å². The maximum atomic E-state index is 13.7. The van der Waals surface area contributed by atoms with Crippen molar-refractivity contribution in [2.24, 2.45) is 0 Å². The maximum Gasteiger partial charge on any atom is 0.185 e. The lowest BCUT2D eigenvalue weighted by atomic mass is 10.1. The quantitative estimate of drug-likeness (QED) is 0.0708. The molecule has 0 aliphatic heterocycles. The van der Waals surface area contributed by atoms with Crippen LogP contribution in [0.3, 0.4) is 0 Å². The summed E-state index contributed by atoms with van der Waals surface area (Å²) in [5.74, 6) is 2.49. The van der Waals surface area contributed by atoms with Crippen LogP contribution in [0.15, 0.2) is 158 Å². The Labute approximate surface area is 299 Å². The van der Waals surface area contributed by atoms with Gasteiger partial charge in [0.25, 0.3) is 0 Å². The van der Waals surface area contributed by atoms with E-state index in [0.29, 0.717) is 72.9 Å². The summed E-state index contributed by atoms with van der Waals surface area (Å²) in [6.45, 7) is 3.73. The Hall–Kier alpha value is -6.27. The van der Waals surface area contributed by atoms with Gasteiger partial charge in [-0.3, -0.25) is 4.79 Å². The minimum absolute atomic E-state index is 0.213. The summed E-state index contributed by atoms with van der Waals surface area (Å²) < 4.78 is 31.0. The highest BCUT2D eigenvalue weighted by Gasteiger charge is 2.16. The molecule has 0 heterocycles. The molecule has 0 saturated carbocycles. The fourth-order valence-electron chi connectivity index (χ4n) is 5.31. The zero-order chi connectivity index (χ0) is 35.1. The highest BCUT2D eigenvalue weighted by Crippen LogP contribution is 2.37. The number of carbonyl (C=O) groups excluding carboxylic acids is 1. The molecule has 0 saturated heterocycles. The van der Waals surface area contributed by atoms with Crippen LogP contribution in [-0.4, -0.2) is 12.4 Å². The van der Waals surface area contributed by atoms with Gasteiger partial charge in [-0.2, -0.15) is 0 Å². The number of hydrogen-bond acceptors (Lipinski definition) is 6. The molecule has 0 radical (unpaired) electrons. The lowest BCUT2D eigenvalue weighted by Gasteiger charge is -2.17. The van der Waals surface area contributed by atoms with E-state index in [1.807, 2.05) is 140 Å². The van der Waals surface area contributed by atoms with Crippen LogP contribution in [-0.2, 0) is 26.4 Å². The third-order valence-corrected chi connectivity index (χ3v) is 7.97. The molecule has 0 atom stereocenters. The van der Waals surface area contributed by atoms with Crippen LogP contribution in [0.1, 0.15) is 45.1 Å². The van der Waals surface area contributed by atoms with E-state index in [2.05, 4.69) is 0 Å². The van der Waals surface area contributed by atoms with E-state index in [4.69, 9.17) is 23.7 Å². The molecule has 6 rings (SSSR count). The molecular weight excluding hydrogens is 636 g/mol. The summed E-state index contributed by atoms with van der Waals surface area (Å²) in [5, 5.41) is 0. The zero-order valence-corrected chi connectivity index (χ0v) is 28.6. The Balaban J connectivity index is 1.32. The second-order valence-corrected chi connectivity index (χ2v) is 11.7. The third kappa shape index (κ3) is 10.1. The van der Waals surface area contributed by atoms with Crippen molar-refractivity contribution >= 4 is 11.9 Å². The van der Waals surface area contributed by atoms with Crippen molar-refractivity contribution in [1.29, 1.82) is 0 Å². The predicted octanol–water partition coefficient (Wildman–Crippen LogP) is 10.3. The van der Waals surface area contributed by atoms with Crippen molar-refractivity contribution in [2.45, 2.75) is 33.4 Å². The van der Waals surface area contributed by atoms with Crippen molar-refractivity contribution in [3.63, 3.8) is 0 Å². The van der Waals surface area contributed by atoms with Gasteiger partial charge in [0, 0.05) is 17.7 Å². The monoisotopic (exact) mass is 676 g/mol. The molecule has 0 fully saturated rings. The number of allylic oxidation sites excluding steroid dienone is 1. The van der Waals surface area contributed by atoms with E-state index in [1.54, 1.807) is 24.3 Å². The molecule has 0 aliphatic rings. The largest absolute Gasteiger partial charge is 0.490 e. The van der Waals surface area contributed by atoms with Crippen LogP contribution < -0.4 is 23.7 Å². The highest BCUT2D eigenvalue weighted by molar-refractivity contribution is 6.07. The van der Waals surface area contributed by atoms with Gasteiger partial charge in [-0.1, -0.05) is 121 Å². The predicted molar refractivity (Wildman–Crippen MR) is 201 cm³/mol. The summed E-state index contributed by atoms with van der Waals surface area (Å²) in [6, 6.07) is 48.6. The van der Waals surface area contributed by atoms with Crippen molar-refractivity contribution in [2.75, 3.05) is 6.61 Å². The molecule has 6 heteroatoms. The highest BCUT2D eigenvalue weighted by atomic mass is 16.5. The first-order valence-corrected chi connectivity index (χ1v) is 17.0. The normalized spacial score (nSPS) is 10.8. The van der Waals surface area contributed by atoms with Gasteiger partial charge in [-0.15, -0.1) is 0 Å². The Morgan fingerprint density at radius 2 is 0.902 bits per heavy atom. The Morgan fingerprint density at radius 3 is 1.35 bits per heavy atom. The molecule has 0 bridgehead atoms. The van der Waals surface area contributed by atoms with E-state index < -0.39 is 0 Å².